The second-order valence-corrected chi connectivity index (χ2v) is 8.03. The minimum Gasteiger partial charge on any atom is -0.359 e. The van der Waals surface area contributed by atoms with Crippen LogP contribution in [0, 0.1) is 0 Å². The number of anilines is 1. The van der Waals surface area contributed by atoms with Crippen LogP contribution in [0.5, 0.6) is 0 Å². The summed E-state index contributed by atoms with van der Waals surface area (Å²) in [5, 5.41) is 4.83. The molecule has 1 aromatic carbocycles. The Hall–Kier alpha value is -1.70. The van der Waals surface area contributed by atoms with Crippen molar-refractivity contribution < 1.29 is 8.42 Å². The lowest BCUT2D eigenvalue weighted by Gasteiger charge is -2.33. The number of hydrogen-bond donors (Lipinski definition) is 1. The summed E-state index contributed by atoms with van der Waals surface area (Å²) < 4.78 is 28.1. The van der Waals surface area contributed by atoms with Crippen molar-refractivity contribution in [2.45, 2.75) is 24.8 Å². The van der Waals surface area contributed by atoms with E-state index < -0.39 is 10.0 Å². The van der Waals surface area contributed by atoms with Crippen molar-refractivity contribution in [3.63, 3.8) is 0 Å². The third-order valence-corrected chi connectivity index (χ3v) is 6.68. The number of rotatable bonds is 4. The predicted octanol–water partition coefficient (Wildman–Crippen LogP) is 1.67. The third kappa shape index (κ3) is 2.87. The fourth-order valence-corrected chi connectivity index (χ4v) is 4.99. The topological polar surface area (TPSA) is 65.5 Å². The van der Waals surface area contributed by atoms with E-state index in [1.54, 1.807) is 28.7 Å². The van der Waals surface area contributed by atoms with Crippen molar-refractivity contribution in [3.8, 4) is 0 Å². The number of hydrogen-bond acceptors (Lipinski definition) is 5. The van der Waals surface area contributed by atoms with Crippen molar-refractivity contribution >= 4 is 26.6 Å². The molecule has 1 aliphatic heterocycles. The minimum atomic E-state index is -3.54. The molecule has 6 nitrogen and oxygen atoms in total. The monoisotopic (exact) mass is 348 g/mol. The first kappa shape index (κ1) is 17.1. The molecule has 1 N–H and O–H groups in total. The van der Waals surface area contributed by atoms with E-state index in [0.29, 0.717) is 24.5 Å². The summed E-state index contributed by atoms with van der Waals surface area (Å²) in [5.74, 6) is 0.806. The Morgan fingerprint density at radius 2 is 2.12 bits per heavy atom. The van der Waals surface area contributed by atoms with Crippen molar-refractivity contribution in [2.24, 2.45) is 0 Å². The lowest BCUT2D eigenvalue weighted by molar-refractivity contribution is 0.284. The molecule has 130 valence electrons. The molecule has 0 spiro atoms. The third-order valence-electron chi connectivity index (χ3n) is 4.61. The van der Waals surface area contributed by atoms with E-state index in [2.05, 4.69) is 10.3 Å². The van der Waals surface area contributed by atoms with Crippen LogP contribution >= 0.6 is 0 Å². The Kier molecular flexibility index (Phi) is 4.76. The molecule has 0 radical (unpaired) electrons. The highest BCUT2D eigenvalue weighted by molar-refractivity contribution is 7.89. The summed E-state index contributed by atoms with van der Waals surface area (Å²) >= 11 is 0. The molecular weight excluding hydrogens is 324 g/mol. The van der Waals surface area contributed by atoms with Crippen LogP contribution in [0.1, 0.15) is 13.8 Å². The van der Waals surface area contributed by atoms with Crippen molar-refractivity contribution in [1.82, 2.24) is 14.6 Å². The van der Waals surface area contributed by atoms with Crippen LogP contribution in [-0.4, -0.2) is 57.0 Å². The Balaban J connectivity index is 2.16. The first-order valence-corrected chi connectivity index (χ1v) is 9.72. The number of sulfonamides is 1. The molecule has 2 aromatic rings. The first-order chi connectivity index (χ1) is 11.5. The Bertz CT molecular complexity index is 838. The zero-order chi connectivity index (χ0) is 17.3. The van der Waals surface area contributed by atoms with Gasteiger partial charge < -0.3 is 10.2 Å². The van der Waals surface area contributed by atoms with Gasteiger partial charge in [0.2, 0.25) is 10.0 Å². The van der Waals surface area contributed by atoms with Crippen LogP contribution in [0.3, 0.4) is 0 Å². The lowest BCUT2D eigenvalue weighted by Crippen LogP contribution is -2.52. The molecule has 1 fully saturated rings. The quantitative estimate of drug-likeness (QED) is 0.911. The first-order valence-electron chi connectivity index (χ1n) is 8.28. The number of nitrogens with one attached hydrogen (secondary N) is 1. The van der Waals surface area contributed by atoms with E-state index in [1.165, 1.54) is 0 Å². The fourth-order valence-electron chi connectivity index (χ4n) is 3.15. The summed E-state index contributed by atoms with van der Waals surface area (Å²) in [6.45, 7) is 6.63. The average molecular weight is 348 g/mol. The molecule has 1 aliphatic rings. The van der Waals surface area contributed by atoms with E-state index >= 15 is 0 Å². The smallest absolute Gasteiger partial charge is 0.244 e. The molecule has 0 amide bonds. The van der Waals surface area contributed by atoms with Gasteiger partial charge in [0.15, 0.2) is 0 Å². The lowest BCUT2D eigenvalue weighted by atomic mass is 10.1. The molecule has 7 heteroatoms. The van der Waals surface area contributed by atoms with Gasteiger partial charge in [-0.05, 0) is 26.0 Å². The SMILES string of the molecule is CCN(C)c1nccc2c(S(=O)(=O)N3CCNC[C@@H]3C)cccc12. The van der Waals surface area contributed by atoms with Gasteiger partial charge >= 0.3 is 0 Å². The largest absolute Gasteiger partial charge is 0.359 e. The molecule has 0 saturated carbocycles. The Morgan fingerprint density at radius 1 is 1.33 bits per heavy atom. The Morgan fingerprint density at radius 3 is 2.83 bits per heavy atom. The fraction of sp³-hybridized carbons (Fsp3) is 0.471. The number of aromatic nitrogens is 1. The number of fused-ring (bicyclic) bond motifs is 1. The van der Waals surface area contributed by atoms with Gasteiger partial charge in [-0.1, -0.05) is 12.1 Å². The number of benzene rings is 1. The normalized spacial score (nSPS) is 19.5. The van der Waals surface area contributed by atoms with E-state index in [9.17, 15) is 8.42 Å². The summed E-state index contributed by atoms with van der Waals surface area (Å²) in [7, 11) is -1.58. The van der Waals surface area contributed by atoms with E-state index in [4.69, 9.17) is 0 Å². The van der Waals surface area contributed by atoms with Crippen molar-refractivity contribution in [2.75, 3.05) is 38.1 Å². The number of piperazine rings is 1. The van der Waals surface area contributed by atoms with E-state index in [1.807, 2.05) is 31.9 Å². The minimum absolute atomic E-state index is 0.0568. The van der Waals surface area contributed by atoms with Crippen LogP contribution in [-0.2, 0) is 10.0 Å². The zero-order valence-electron chi connectivity index (χ0n) is 14.4. The molecule has 0 unspecified atom stereocenters. The molecule has 1 aromatic heterocycles. The molecule has 1 atom stereocenters. The van der Waals surface area contributed by atoms with Gasteiger partial charge in [-0.25, -0.2) is 13.4 Å². The molecule has 3 rings (SSSR count). The molecule has 0 bridgehead atoms. The Labute approximate surface area is 143 Å². The second kappa shape index (κ2) is 6.66. The predicted molar refractivity (Wildman–Crippen MR) is 96.9 cm³/mol. The van der Waals surface area contributed by atoms with Crippen molar-refractivity contribution in [3.05, 3.63) is 30.5 Å². The highest BCUT2D eigenvalue weighted by atomic mass is 32.2. The maximum atomic E-state index is 13.2. The van der Waals surface area contributed by atoms with Crippen LogP contribution < -0.4 is 10.2 Å². The maximum Gasteiger partial charge on any atom is 0.244 e. The highest BCUT2D eigenvalue weighted by Gasteiger charge is 2.32. The molecule has 0 aliphatic carbocycles. The van der Waals surface area contributed by atoms with Gasteiger partial charge in [-0.15, -0.1) is 0 Å². The molecule has 24 heavy (non-hydrogen) atoms. The van der Waals surface area contributed by atoms with Crippen LogP contribution in [0.2, 0.25) is 0 Å². The number of pyridine rings is 1. The average Bonchev–Trinajstić information content (AvgIpc) is 2.60. The standard InChI is InChI=1S/C17H24N4O2S/c1-4-20(3)17-15-6-5-7-16(14(15)8-9-19-17)24(22,23)21-11-10-18-12-13(21)2/h5-9,13,18H,4,10-12H2,1-3H3/t13-/m0/s1. The van der Waals surface area contributed by atoms with Crippen LogP contribution in [0.25, 0.3) is 10.8 Å². The summed E-state index contributed by atoms with van der Waals surface area (Å²) in [6, 6.07) is 7.17. The van der Waals surface area contributed by atoms with Crippen molar-refractivity contribution in [1.29, 1.82) is 0 Å². The van der Waals surface area contributed by atoms with Crippen LogP contribution in [0.4, 0.5) is 5.82 Å². The summed E-state index contributed by atoms with van der Waals surface area (Å²) in [6.07, 6.45) is 1.68. The maximum absolute atomic E-state index is 13.2. The zero-order valence-corrected chi connectivity index (χ0v) is 15.2. The van der Waals surface area contributed by atoms with Gasteiger partial charge in [0.05, 0.1) is 4.90 Å². The van der Waals surface area contributed by atoms with Gasteiger partial charge in [-0.3, -0.25) is 0 Å². The summed E-state index contributed by atoms with van der Waals surface area (Å²) in [5.41, 5.74) is 0. The van der Waals surface area contributed by atoms with E-state index in [-0.39, 0.29) is 6.04 Å². The van der Waals surface area contributed by atoms with Crippen LogP contribution in [0.15, 0.2) is 35.4 Å². The van der Waals surface area contributed by atoms with Gasteiger partial charge in [-0.2, -0.15) is 4.31 Å². The highest BCUT2D eigenvalue weighted by Crippen LogP contribution is 2.31. The van der Waals surface area contributed by atoms with E-state index in [0.717, 1.165) is 23.1 Å². The van der Waals surface area contributed by atoms with Gasteiger partial charge in [0.1, 0.15) is 5.82 Å². The van der Waals surface area contributed by atoms with Gasteiger partial charge in [0.25, 0.3) is 0 Å². The number of nitrogens with zero attached hydrogens (tertiary/aromatic N) is 3. The second-order valence-electron chi connectivity index (χ2n) is 6.17. The van der Waals surface area contributed by atoms with Gasteiger partial charge in [0, 0.05) is 56.2 Å². The molecule has 1 saturated heterocycles. The molecule has 2 heterocycles. The molecular formula is C17H24N4O2S. The summed E-state index contributed by atoms with van der Waals surface area (Å²) in [4.78, 5) is 6.82.